The minimum atomic E-state index is 0. The van der Waals surface area contributed by atoms with E-state index in [1.54, 1.807) is 0 Å². The molecule has 0 heterocycles. The van der Waals surface area contributed by atoms with E-state index in [-0.39, 0.29) is 12.4 Å². The van der Waals surface area contributed by atoms with Crippen molar-refractivity contribution in [2.45, 2.75) is 38.3 Å². The van der Waals surface area contributed by atoms with Gasteiger partial charge in [-0.05, 0) is 0 Å². The second kappa shape index (κ2) is 9.39. The molecule has 0 aromatic heterocycles. The maximum Gasteiger partial charge on any atom is -1.00 e. The molecule has 0 radical (unpaired) electrons. The molecule has 0 rings (SSSR count). The number of hydrogen-bond acceptors (Lipinski definition) is 0. The van der Waals surface area contributed by atoms with Crippen LogP contribution in [-0.2, 0) is 0 Å². The summed E-state index contributed by atoms with van der Waals surface area (Å²) in [6.45, 7) is 8.67. The molecular weight excluding hydrogens is 183 g/mol. The summed E-state index contributed by atoms with van der Waals surface area (Å²) in [6, 6.07) is 0. The third-order valence-corrected chi connectivity index (χ3v) is 2.52. The number of allylic oxidation sites excluding steroid dienone is 4. The molecular formula is C10H18AlCl. The summed E-state index contributed by atoms with van der Waals surface area (Å²) in [6.07, 6.45) is 4.68. The van der Waals surface area contributed by atoms with Crippen LogP contribution in [0.2, 0.25) is 10.6 Å². The first-order chi connectivity index (χ1) is 5.13. The zero-order valence-electron chi connectivity index (χ0n) is 8.52. The quantitative estimate of drug-likeness (QED) is 0.352. The summed E-state index contributed by atoms with van der Waals surface area (Å²) < 4.78 is 0. The average molecular weight is 201 g/mol. The molecule has 0 saturated heterocycles. The van der Waals surface area contributed by atoms with Gasteiger partial charge in [0, 0.05) is 0 Å². The van der Waals surface area contributed by atoms with E-state index < -0.39 is 0 Å². The fraction of sp³-hybridized carbons (Fsp3) is 0.600. The van der Waals surface area contributed by atoms with Crippen molar-refractivity contribution < 1.29 is 12.4 Å². The van der Waals surface area contributed by atoms with Crippen molar-refractivity contribution in [3.05, 3.63) is 23.3 Å². The van der Waals surface area contributed by atoms with Crippen LogP contribution in [-0.4, -0.2) is 15.2 Å². The van der Waals surface area contributed by atoms with E-state index in [1.807, 2.05) is 0 Å². The van der Waals surface area contributed by atoms with Gasteiger partial charge in [0.15, 0.2) is 0 Å². The van der Waals surface area contributed by atoms with Crippen LogP contribution in [0.4, 0.5) is 0 Å². The van der Waals surface area contributed by atoms with Gasteiger partial charge in [-0.15, -0.1) is 0 Å². The Kier molecular flexibility index (Phi) is 11.6. The maximum atomic E-state index is 2.34. The molecule has 2 heteroatoms. The minimum Gasteiger partial charge on any atom is -1.00 e. The monoisotopic (exact) mass is 200 g/mol. The van der Waals surface area contributed by atoms with E-state index in [9.17, 15) is 0 Å². The third-order valence-electron chi connectivity index (χ3n) is 1.39. The van der Waals surface area contributed by atoms with E-state index in [0.29, 0.717) is 15.2 Å². The molecule has 0 N–H and O–H groups in total. The van der Waals surface area contributed by atoms with E-state index in [1.165, 1.54) is 21.7 Å². The zero-order chi connectivity index (χ0) is 8.69. The van der Waals surface area contributed by atoms with Crippen LogP contribution in [0.15, 0.2) is 23.3 Å². The molecule has 0 aliphatic rings. The van der Waals surface area contributed by atoms with Gasteiger partial charge in [-0.3, -0.25) is 0 Å². The summed E-state index contributed by atoms with van der Waals surface area (Å²) in [4.78, 5) is 0. The normalized spacial score (nSPS) is 7.67. The first-order valence-corrected chi connectivity index (χ1v) is 5.84. The summed E-state index contributed by atoms with van der Waals surface area (Å²) in [5, 5.41) is 2.62. The van der Waals surface area contributed by atoms with Crippen LogP contribution in [0.3, 0.4) is 0 Å². The summed E-state index contributed by atoms with van der Waals surface area (Å²) in [5.41, 5.74) is 2.91. The van der Waals surface area contributed by atoms with Crippen LogP contribution in [0.1, 0.15) is 27.7 Å². The van der Waals surface area contributed by atoms with Gasteiger partial charge >= 0.3 is 76.8 Å². The predicted molar refractivity (Wildman–Crippen MR) is 54.2 cm³/mol. The van der Waals surface area contributed by atoms with Crippen LogP contribution in [0.25, 0.3) is 0 Å². The maximum absolute atomic E-state index is 2.34. The van der Waals surface area contributed by atoms with Crippen molar-refractivity contribution in [1.29, 1.82) is 0 Å². The average Bonchev–Trinajstić information content (AvgIpc) is 1.85. The van der Waals surface area contributed by atoms with Gasteiger partial charge < -0.3 is 12.4 Å². The minimum absolute atomic E-state index is 0. The first kappa shape index (κ1) is 14.8. The van der Waals surface area contributed by atoms with Crippen molar-refractivity contribution in [2.24, 2.45) is 0 Å². The Hall–Kier alpha value is 0.302. The topological polar surface area (TPSA) is 0 Å². The molecule has 0 bridgehead atoms. The van der Waals surface area contributed by atoms with E-state index >= 15 is 0 Å². The van der Waals surface area contributed by atoms with Crippen LogP contribution in [0.5, 0.6) is 0 Å². The molecule has 68 valence electrons. The molecule has 0 atom stereocenters. The Morgan fingerprint density at radius 2 is 1.25 bits per heavy atom. The summed E-state index contributed by atoms with van der Waals surface area (Å²) in [5.74, 6) is 0. The molecule has 0 nitrogen and oxygen atoms in total. The largest absolute Gasteiger partial charge is 1.00 e. The second-order valence-corrected chi connectivity index (χ2v) is 4.84. The van der Waals surface area contributed by atoms with E-state index in [0.717, 1.165) is 0 Å². The van der Waals surface area contributed by atoms with Crippen LogP contribution in [0, 0.1) is 0 Å². The van der Waals surface area contributed by atoms with Gasteiger partial charge in [0.05, 0.1) is 0 Å². The molecule has 0 aromatic rings. The molecule has 0 saturated carbocycles. The molecule has 0 amide bonds. The fourth-order valence-corrected chi connectivity index (χ4v) is 2.20. The third kappa shape index (κ3) is 12.9. The van der Waals surface area contributed by atoms with E-state index in [2.05, 4.69) is 39.8 Å². The molecule has 0 aliphatic carbocycles. The van der Waals surface area contributed by atoms with Crippen molar-refractivity contribution in [1.82, 2.24) is 0 Å². The van der Waals surface area contributed by atoms with Gasteiger partial charge in [-0.2, -0.15) is 0 Å². The number of halogens is 1. The standard InChI is InChI=1S/2C5H9.Al.ClH/c2*1-4-5(2)3;;/h2*4H,1H2,2-3H3;;1H/q;;+1;/p-1. The van der Waals surface area contributed by atoms with Gasteiger partial charge in [0.2, 0.25) is 0 Å². The number of hydrogen-bond donors (Lipinski definition) is 0. The van der Waals surface area contributed by atoms with E-state index in [4.69, 9.17) is 0 Å². The van der Waals surface area contributed by atoms with Crippen molar-refractivity contribution in [3.8, 4) is 0 Å². The van der Waals surface area contributed by atoms with Gasteiger partial charge in [-0.1, -0.05) is 0 Å². The summed E-state index contributed by atoms with van der Waals surface area (Å²) in [7, 11) is 0. The Balaban J connectivity index is 0. The number of rotatable bonds is 4. The molecule has 0 fully saturated rings. The van der Waals surface area contributed by atoms with Crippen LogP contribution >= 0.6 is 0 Å². The van der Waals surface area contributed by atoms with Gasteiger partial charge in [-0.25, -0.2) is 0 Å². The first-order valence-electron chi connectivity index (χ1n) is 4.21. The van der Waals surface area contributed by atoms with Gasteiger partial charge in [0.25, 0.3) is 0 Å². The molecule has 0 unspecified atom stereocenters. The van der Waals surface area contributed by atoms with Crippen molar-refractivity contribution >= 4 is 15.2 Å². The van der Waals surface area contributed by atoms with Crippen molar-refractivity contribution in [2.75, 3.05) is 0 Å². The second-order valence-electron chi connectivity index (χ2n) is 3.32. The fourth-order valence-electron chi connectivity index (χ4n) is 0.734. The Labute approximate surface area is 89.3 Å². The molecule has 12 heavy (non-hydrogen) atoms. The molecule has 0 spiro atoms. The SMILES string of the molecule is CC(C)=C[CH2][Al+][CH2]C=C(C)C.[Cl-]. The zero-order valence-corrected chi connectivity index (χ0v) is 10.4. The van der Waals surface area contributed by atoms with Gasteiger partial charge in [0.1, 0.15) is 0 Å². The smallest absolute Gasteiger partial charge is 1.00 e. The Morgan fingerprint density at radius 3 is 1.50 bits per heavy atom. The molecule has 0 aliphatic heterocycles. The van der Waals surface area contributed by atoms with Crippen molar-refractivity contribution in [3.63, 3.8) is 0 Å². The Bertz CT molecular complexity index is 133. The molecule has 0 aromatic carbocycles. The predicted octanol–water partition coefficient (Wildman–Crippen LogP) is 0.464. The Morgan fingerprint density at radius 1 is 0.917 bits per heavy atom. The summed E-state index contributed by atoms with van der Waals surface area (Å²) >= 11 is 0.619. The van der Waals surface area contributed by atoms with Crippen LogP contribution < -0.4 is 12.4 Å².